The van der Waals surface area contributed by atoms with Crippen molar-refractivity contribution in [3.63, 3.8) is 0 Å². The molecule has 2 unspecified atom stereocenters. The summed E-state index contributed by atoms with van der Waals surface area (Å²) in [5, 5.41) is 6.20. The van der Waals surface area contributed by atoms with Gasteiger partial charge in [-0.2, -0.15) is 0 Å². The molecule has 2 heterocycles. The Morgan fingerprint density at radius 2 is 1.69 bits per heavy atom. The fourth-order valence-electron chi connectivity index (χ4n) is 4.39. The number of nitrogens with zero attached hydrogens (tertiary/aromatic N) is 2. The van der Waals surface area contributed by atoms with Crippen molar-refractivity contribution < 1.29 is 14.3 Å². The molecule has 2 saturated heterocycles. The number of carbonyl (C=O) groups excluding carboxylic acids is 2. The lowest BCUT2D eigenvalue weighted by atomic mass is 9.96. The summed E-state index contributed by atoms with van der Waals surface area (Å²) in [5.41, 5.74) is -0.513. The molecule has 0 aliphatic carbocycles. The van der Waals surface area contributed by atoms with Gasteiger partial charge in [0, 0.05) is 37.3 Å². The minimum Gasteiger partial charge on any atom is -0.444 e. The fourth-order valence-corrected chi connectivity index (χ4v) is 4.39. The van der Waals surface area contributed by atoms with Crippen molar-refractivity contribution in [2.75, 3.05) is 26.2 Å². The van der Waals surface area contributed by atoms with Crippen LogP contribution in [0.1, 0.15) is 73.6 Å². The van der Waals surface area contributed by atoms with Crippen LogP contribution in [0.3, 0.4) is 0 Å². The summed E-state index contributed by atoms with van der Waals surface area (Å²) < 4.78 is 5.39. The molecule has 0 bridgehead atoms. The number of carbonyl (C=O) groups is 2. The first-order valence-electron chi connectivity index (χ1n) is 11.3. The summed E-state index contributed by atoms with van der Waals surface area (Å²) in [6, 6.07) is 0.940. The summed E-state index contributed by atoms with van der Waals surface area (Å²) in [7, 11) is 0. The van der Waals surface area contributed by atoms with Crippen LogP contribution >= 0.6 is 0 Å². The highest BCUT2D eigenvalue weighted by atomic mass is 16.6. The number of ether oxygens (including phenoxy) is 1. The number of rotatable bonds is 6. The van der Waals surface area contributed by atoms with Crippen molar-refractivity contribution in [3.05, 3.63) is 0 Å². The van der Waals surface area contributed by atoms with Gasteiger partial charge in [-0.25, -0.2) is 4.79 Å². The summed E-state index contributed by atoms with van der Waals surface area (Å²) in [6.07, 6.45) is 4.84. The minimum atomic E-state index is -0.513. The van der Waals surface area contributed by atoms with E-state index in [-0.39, 0.29) is 24.0 Å². The van der Waals surface area contributed by atoms with Crippen LogP contribution in [0, 0.1) is 0 Å². The van der Waals surface area contributed by atoms with Gasteiger partial charge in [-0.05, 0) is 73.8 Å². The van der Waals surface area contributed by atoms with Crippen LogP contribution in [0.2, 0.25) is 0 Å². The molecule has 0 aromatic carbocycles. The number of hydrogen-bond acceptors (Lipinski definition) is 5. The summed E-state index contributed by atoms with van der Waals surface area (Å²) in [4.78, 5) is 29.5. The Bertz CT molecular complexity index is 539. The number of piperidine rings is 2. The van der Waals surface area contributed by atoms with Gasteiger partial charge in [-0.1, -0.05) is 6.42 Å². The largest absolute Gasteiger partial charge is 0.444 e. The maximum atomic E-state index is 12.7. The van der Waals surface area contributed by atoms with Gasteiger partial charge >= 0.3 is 6.09 Å². The van der Waals surface area contributed by atoms with Crippen LogP contribution in [-0.2, 0) is 9.53 Å². The van der Waals surface area contributed by atoms with Crippen LogP contribution in [0.4, 0.5) is 4.79 Å². The zero-order chi connectivity index (χ0) is 21.6. The zero-order valence-electron chi connectivity index (χ0n) is 19.3. The van der Waals surface area contributed by atoms with Crippen LogP contribution in [0.5, 0.6) is 0 Å². The molecule has 2 fully saturated rings. The summed E-state index contributed by atoms with van der Waals surface area (Å²) in [5.74, 6) is 0.101. The molecule has 2 rings (SSSR count). The Balaban J connectivity index is 1.82. The first kappa shape index (κ1) is 23.9. The van der Waals surface area contributed by atoms with Gasteiger partial charge in [0.05, 0.1) is 6.54 Å². The lowest BCUT2D eigenvalue weighted by Gasteiger charge is -2.39. The van der Waals surface area contributed by atoms with Crippen molar-refractivity contribution in [2.24, 2.45) is 0 Å². The average molecular weight is 411 g/mol. The Hall–Kier alpha value is -1.34. The van der Waals surface area contributed by atoms with E-state index in [0.717, 1.165) is 51.7 Å². The van der Waals surface area contributed by atoms with E-state index < -0.39 is 11.7 Å². The first-order valence-corrected chi connectivity index (χ1v) is 11.3. The zero-order valence-corrected chi connectivity index (χ0v) is 19.3. The average Bonchev–Trinajstić information content (AvgIpc) is 2.60. The molecule has 7 nitrogen and oxygen atoms in total. The molecule has 2 aliphatic heterocycles. The molecule has 2 aliphatic rings. The monoisotopic (exact) mass is 410 g/mol. The van der Waals surface area contributed by atoms with E-state index in [4.69, 9.17) is 4.74 Å². The van der Waals surface area contributed by atoms with Gasteiger partial charge in [0.25, 0.3) is 0 Å². The molecule has 0 saturated carbocycles. The lowest BCUT2D eigenvalue weighted by Crippen LogP contribution is -2.56. The highest BCUT2D eigenvalue weighted by Gasteiger charge is 2.31. The van der Waals surface area contributed by atoms with E-state index in [1.54, 1.807) is 0 Å². The standard InChI is InChI=1S/C22H42N4O3/c1-16(2)25-13-10-18(11-14-25)24-20(27)15-26-12-8-7-9-19(26)17(3)23-21(28)29-22(4,5)6/h16-19H,7-15H2,1-6H3,(H,23,28)(H,24,27). The molecule has 2 atom stereocenters. The Labute approximate surface area is 176 Å². The smallest absolute Gasteiger partial charge is 0.407 e. The van der Waals surface area contributed by atoms with E-state index in [0.29, 0.717) is 12.6 Å². The van der Waals surface area contributed by atoms with Crippen molar-refractivity contribution in [3.8, 4) is 0 Å². The SMILES string of the molecule is CC(NC(=O)OC(C)(C)C)C1CCCCN1CC(=O)NC1CCN(C(C)C)CC1. The Morgan fingerprint density at radius 1 is 1.03 bits per heavy atom. The molecule has 0 spiro atoms. The molecule has 2 amide bonds. The predicted octanol–water partition coefficient (Wildman–Crippen LogP) is 2.74. The van der Waals surface area contributed by atoms with Gasteiger partial charge in [0.2, 0.25) is 5.91 Å². The quantitative estimate of drug-likeness (QED) is 0.704. The molecule has 29 heavy (non-hydrogen) atoms. The highest BCUT2D eigenvalue weighted by Crippen LogP contribution is 2.20. The molecule has 2 N–H and O–H groups in total. The van der Waals surface area contributed by atoms with Gasteiger partial charge < -0.3 is 20.3 Å². The van der Waals surface area contributed by atoms with Gasteiger partial charge in [0.1, 0.15) is 5.60 Å². The van der Waals surface area contributed by atoms with E-state index in [1.807, 2.05) is 27.7 Å². The van der Waals surface area contributed by atoms with Crippen LogP contribution in [0.25, 0.3) is 0 Å². The number of hydrogen-bond donors (Lipinski definition) is 2. The lowest BCUT2D eigenvalue weighted by molar-refractivity contribution is -0.124. The normalized spacial score (nSPS) is 23.6. The summed E-state index contributed by atoms with van der Waals surface area (Å²) >= 11 is 0. The molecular formula is C22H42N4O3. The Kier molecular flexibility index (Phi) is 8.76. The number of likely N-dealkylation sites (tertiary alicyclic amines) is 2. The summed E-state index contributed by atoms with van der Waals surface area (Å²) in [6.45, 7) is 15.4. The highest BCUT2D eigenvalue weighted by molar-refractivity contribution is 5.78. The van der Waals surface area contributed by atoms with E-state index >= 15 is 0 Å². The second kappa shape index (κ2) is 10.6. The fraction of sp³-hybridized carbons (Fsp3) is 0.909. The molecule has 0 aromatic rings. The van der Waals surface area contributed by atoms with Crippen LogP contribution in [-0.4, -0.2) is 77.7 Å². The number of alkyl carbamates (subject to hydrolysis) is 1. The maximum absolute atomic E-state index is 12.7. The van der Waals surface area contributed by atoms with Crippen LogP contribution < -0.4 is 10.6 Å². The van der Waals surface area contributed by atoms with Gasteiger partial charge in [-0.3, -0.25) is 9.69 Å². The van der Waals surface area contributed by atoms with Crippen molar-refractivity contribution in [1.29, 1.82) is 0 Å². The van der Waals surface area contributed by atoms with Gasteiger partial charge in [-0.15, -0.1) is 0 Å². The Morgan fingerprint density at radius 3 is 2.28 bits per heavy atom. The van der Waals surface area contributed by atoms with E-state index in [1.165, 1.54) is 0 Å². The second-order valence-electron chi connectivity index (χ2n) is 9.94. The molecule has 7 heteroatoms. The third-order valence-electron chi connectivity index (χ3n) is 5.96. The maximum Gasteiger partial charge on any atom is 0.407 e. The predicted molar refractivity (Wildman–Crippen MR) is 116 cm³/mol. The molecule has 0 aromatic heterocycles. The third kappa shape index (κ3) is 8.13. The number of nitrogens with one attached hydrogen (secondary N) is 2. The topological polar surface area (TPSA) is 73.9 Å². The van der Waals surface area contributed by atoms with E-state index in [2.05, 4.69) is 34.3 Å². The molecular weight excluding hydrogens is 368 g/mol. The van der Waals surface area contributed by atoms with Crippen molar-refractivity contribution in [1.82, 2.24) is 20.4 Å². The van der Waals surface area contributed by atoms with Gasteiger partial charge in [0.15, 0.2) is 0 Å². The number of amides is 2. The molecule has 0 radical (unpaired) electrons. The van der Waals surface area contributed by atoms with Crippen molar-refractivity contribution >= 4 is 12.0 Å². The van der Waals surface area contributed by atoms with Crippen molar-refractivity contribution in [2.45, 2.75) is 103 Å². The second-order valence-corrected chi connectivity index (χ2v) is 9.94. The van der Waals surface area contributed by atoms with E-state index in [9.17, 15) is 9.59 Å². The molecule has 168 valence electrons. The third-order valence-corrected chi connectivity index (χ3v) is 5.96. The van der Waals surface area contributed by atoms with Crippen LogP contribution in [0.15, 0.2) is 0 Å². The first-order chi connectivity index (χ1) is 13.5. The minimum absolute atomic E-state index is 0.0627.